The van der Waals surface area contributed by atoms with Crippen LogP contribution < -0.4 is 5.73 Å². The molecule has 2 fully saturated rings. The first-order chi connectivity index (χ1) is 8.29. The summed E-state index contributed by atoms with van der Waals surface area (Å²) in [6, 6.07) is 0.479. The van der Waals surface area contributed by atoms with Gasteiger partial charge >= 0.3 is 0 Å². The Labute approximate surface area is 105 Å². The fourth-order valence-corrected chi connectivity index (χ4v) is 3.93. The molecule has 0 heterocycles. The van der Waals surface area contributed by atoms with Crippen LogP contribution in [-0.2, 0) is 0 Å². The van der Waals surface area contributed by atoms with Gasteiger partial charge in [-0.1, -0.05) is 12.8 Å². The van der Waals surface area contributed by atoms with E-state index >= 15 is 0 Å². The lowest BCUT2D eigenvalue weighted by Gasteiger charge is -2.37. The summed E-state index contributed by atoms with van der Waals surface area (Å²) >= 11 is 0. The molecule has 0 amide bonds. The maximum Gasteiger partial charge on any atom is 0.0894 e. The predicted molar refractivity (Wildman–Crippen MR) is 70.6 cm³/mol. The molecule has 0 saturated heterocycles. The second-order valence-corrected chi connectivity index (χ2v) is 6.29. The molecule has 100 valence electrons. The van der Waals surface area contributed by atoms with Crippen molar-refractivity contribution in [3.8, 4) is 0 Å². The maximum atomic E-state index is 12.1. The molecular weight excluding hydrogens is 213 g/mol. The van der Waals surface area contributed by atoms with Crippen molar-refractivity contribution in [3.05, 3.63) is 0 Å². The molecular formula is C15H28FN. The molecule has 17 heavy (non-hydrogen) atoms. The highest BCUT2D eigenvalue weighted by Gasteiger charge is 2.29. The number of hydrogen-bond donors (Lipinski definition) is 1. The van der Waals surface area contributed by atoms with Gasteiger partial charge in [-0.05, 0) is 69.1 Å². The Kier molecular flexibility index (Phi) is 5.27. The molecule has 1 nitrogen and oxygen atoms in total. The Morgan fingerprint density at radius 3 is 1.88 bits per heavy atom. The highest BCUT2D eigenvalue weighted by Crippen LogP contribution is 2.40. The molecule has 2 rings (SSSR count). The summed E-state index contributed by atoms with van der Waals surface area (Å²) in [7, 11) is 0. The van der Waals surface area contributed by atoms with Gasteiger partial charge in [0, 0.05) is 6.04 Å². The van der Waals surface area contributed by atoms with Crippen molar-refractivity contribution >= 4 is 0 Å². The first-order valence-corrected chi connectivity index (χ1v) is 7.61. The minimum atomic E-state index is -0.125. The second-order valence-electron chi connectivity index (χ2n) is 6.29. The van der Waals surface area contributed by atoms with Crippen molar-refractivity contribution in [1.29, 1.82) is 0 Å². The molecule has 0 radical (unpaired) electrons. The van der Waals surface area contributed by atoms with Crippen LogP contribution >= 0.6 is 0 Å². The monoisotopic (exact) mass is 241 g/mol. The smallest absolute Gasteiger partial charge is 0.0894 e. The van der Waals surface area contributed by atoms with Gasteiger partial charge < -0.3 is 5.73 Å². The first-order valence-electron chi connectivity index (χ1n) is 7.61. The lowest BCUT2D eigenvalue weighted by molar-refractivity contribution is 0.155. The zero-order chi connectivity index (χ0) is 12.1. The van der Waals surface area contributed by atoms with Gasteiger partial charge in [-0.15, -0.1) is 0 Å². The third kappa shape index (κ3) is 3.94. The van der Waals surface area contributed by atoms with Gasteiger partial charge in [-0.3, -0.25) is 4.39 Å². The van der Waals surface area contributed by atoms with E-state index in [-0.39, 0.29) is 6.67 Å². The molecule has 2 aliphatic carbocycles. The standard InChI is InChI=1S/C15H28FN/c16-11-1-2-12-3-5-13(6-4-12)14-7-9-15(17)10-8-14/h12-15H,1-11,17H2. The Balaban J connectivity index is 1.68. The van der Waals surface area contributed by atoms with Crippen LogP contribution in [0.25, 0.3) is 0 Å². The van der Waals surface area contributed by atoms with Gasteiger partial charge in [0.25, 0.3) is 0 Å². The average molecular weight is 241 g/mol. The van der Waals surface area contributed by atoms with E-state index in [1.165, 1.54) is 51.4 Å². The van der Waals surface area contributed by atoms with Gasteiger partial charge in [0.2, 0.25) is 0 Å². The number of alkyl halides is 1. The molecule has 2 saturated carbocycles. The van der Waals surface area contributed by atoms with E-state index in [0.717, 1.165) is 30.6 Å². The minimum Gasteiger partial charge on any atom is -0.328 e. The summed E-state index contributed by atoms with van der Waals surface area (Å²) in [5.74, 6) is 2.74. The molecule has 2 aliphatic rings. The van der Waals surface area contributed by atoms with Crippen LogP contribution in [0.1, 0.15) is 64.2 Å². The molecule has 0 spiro atoms. The molecule has 0 aliphatic heterocycles. The quantitative estimate of drug-likeness (QED) is 0.789. The van der Waals surface area contributed by atoms with Crippen LogP contribution in [0.5, 0.6) is 0 Å². The number of nitrogens with two attached hydrogens (primary N) is 1. The molecule has 0 aromatic heterocycles. The average Bonchev–Trinajstić information content (AvgIpc) is 2.38. The van der Waals surface area contributed by atoms with Gasteiger partial charge in [-0.25, -0.2) is 0 Å². The van der Waals surface area contributed by atoms with Crippen molar-refractivity contribution in [3.63, 3.8) is 0 Å². The zero-order valence-electron chi connectivity index (χ0n) is 11.0. The van der Waals surface area contributed by atoms with Crippen molar-refractivity contribution in [1.82, 2.24) is 0 Å². The van der Waals surface area contributed by atoms with E-state index in [1.807, 2.05) is 0 Å². The van der Waals surface area contributed by atoms with E-state index in [0.29, 0.717) is 6.04 Å². The first kappa shape index (κ1) is 13.3. The minimum absolute atomic E-state index is 0.125. The maximum absolute atomic E-state index is 12.1. The van der Waals surface area contributed by atoms with Gasteiger partial charge in [0.1, 0.15) is 0 Å². The second kappa shape index (κ2) is 6.72. The molecule has 0 atom stereocenters. The SMILES string of the molecule is NC1CCC(C2CCC(CCCF)CC2)CC1. The molecule has 0 aromatic carbocycles. The summed E-state index contributed by atoms with van der Waals surface area (Å²) in [4.78, 5) is 0. The van der Waals surface area contributed by atoms with Crippen LogP contribution in [0.3, 0.4) is 0 Å². The van der Waals surface area contributed by atoms with Crippen molar-refractivity contribution < 1.29 is 4.39 Å². The predicted octanol–water partition coefficient (Wildman–Crippen LogP) is 4.06. The van der Waals surface area contributed by atoms with Crippen molar-refractivity contribution in [2.24, 2.45) is 23.5 Å². The summed E-state index contributed by atoms with van der Waals surface area (Å²) in [5, 5.41) is 0. The summed E-state index contributed by atoms with van der Waals surface area (Å²) in [6.45, 7) is -0.125. The van der Waals surface area contributed by atoms with Crippen molar-refractivity contribution in [2.75, 3.05) is 6.67 Å². The third-order valence-corrected chi connectivity index (χ3v) is 5.12. The van der Waals surface area contributed by atoms with Crippen LogP contribution in [-0.4, -0.2) is 12.7 Å². The Morgan fingerprint density at radius 1 is 0.824 bits per heavy atom. The van der Waals surface area contributed by atoms with Crippen molar-refractivity contribution in [2.45, 2.75) is 70.3 Å². The van der Waals surface area contributed by atoms with Crippen LogP contribution in [0.2, 0.25) is 0 Å². The van der Waals surface area contributed by atoms with Gasteiger partial charge in [0.15, 0.2) is 0 Å². The lowest BCUT2D eigenvalue weighted by Crippen LogP contribution is -2.31. The number of halogens is 1. The highest BCUT2D eigenvalue weighted by atomic mass is 19.1. The Hall–Kier alpha value is -0.110. The van der Waals surface area contributed by atoms with E-state index in [1.54, 1.807) is 0 Å². The normalized spacial score (nSPS) is 39.2. The van der Waals surface area contributed by atoms with E-state index in [9.17, 15) is 4.39 Å². The summed E-state index contributed by atoms with van der Waals surface area (Å²) < 4.78 is 12.1. The molecule has 2 N–H and O–H groups in total. The number of hydrogen-bond acceptors (Lipinski definition) is 1. The van der Waals surface area contributed by atoms with Crippen LogP contribution in [0.4, 0.5) is 4.39 Å². The molecule has 0 unspecified atom stereocenters. The van der Waals surface area contributed by atoms with E-state index in [4.69, 9.17) is 5.73 Å². The lowest BCUT2D eigenvalue weighted by atomic mass is 9.70. The zero-order valence-corrected chi connectivity index (χ0v) is 11.0. The summed E-state index contributed by atoms with van der Waals surface area (Å²) in [5.41, 5.74) is 5.97. The topological polar surface area (TPSA) is 26.0 Å². The highest BCUT2D eigenvalue weighted by molar-refractivity contribution is 4.82. The van der Waals surface area contributed by atoms with Gasteiger partial charge in [0.05, 0.1) is 6.67 Å². The fraction of sp³-hybridized carbons (Fsp3) is 1.00. The van der Waals surface area contributed by atoms with Gasteiger partial charge in [-0.2, -0.15) is 0 Å². The number of rotatable bonds is 4. The largest absolute Gasteiger partial charge is 0.328 e. The Morgan fingerprint density at radius 2 is 1.35 bits per heavy atom. The van der Waals surface area contributed by atoms with E-state index in [2.05, 4.69) is 0 Å². The third-order valence-electron chi connectivity index (χ3n) is 5.12. The van der Waals surface area contributed by atoms with Crippen LogP contribution in [0.15, 0.2) is 0 Å². The Bertz CT molecular complexity index is 203. The molecule has 0 aromatic rings. The fourth-order valence-electron chi connectivity index (χ4n) is 3.93. The van der Waals surface area contributed by atoms with E-state index < -0.39 is 0 Å². The van der Waals surface area contributed by atoms with Crippen LogP contribution in [0, 0.1) is 17.8 Å². The summed E-state index contributed by atoms with van der Waals surface area (Å²) in [6.07, 6.45) is 12.6. The molecule has 2 heteroatoms. The molecule has 0 bridgehead atoms.